The third kappa shape index (κ3) is 1.64. The zero-order valence-corrected chi connectivity index (χ0v) is 12.1. The van der Waals surface area contributed by atoms with Crippen molar-refractivity contribution in [3.8, 4) is 0 Å². The number of aryl methyl sites for hydroxylation is 1. The molecule has 1 N–H and O–H groups in total. The van der Waals surface area contributed by atoms with Crippen LogP contribution in [0.3, 0.4) is 0 Å². The first-order valence-electron chi connectivity index (χ1n) is 7.43. The zero-order valence-electron chi connectivity index (χ0n) is 12.1. The van der Waals surface area contributed by atoms with Crippen LogP contribution in [0.15, 0.2) is 24.4 Å². The van der Waals surface area contributed by atoms with Crippen LogP contribution in [-0.2, 0) is 12.6 Å². The molecule has 0 amide bonds. The molecule has 1 aromatic carbocycles. The van der Waals surface area contributed by atoms with Crippen molar-refractivity contribution in [1.29, 1.82) is 0 Å². The van der Waals surface area contributed by atoms with E-state index in [1.807, 2.05) is 17.9 Å². The summed E-state index contributed by atoms with van der Waals surface area (Å²) in [4.78, 5) is 2.46. The van der Waals surface area contributed by atoms with E-state index in [9.17, 15) is 5.11 Å². The second-order valence-corrected chi connectivity index (χ2v) is 6.53. The van der Waals surface area contributed by atoms with Crippen LogP contribution >= 0.6 is 0 Å². The fourth-order valence-corrected chi connectivity index (χ4v) is 4.11. The molecule has 0 aliphatic carbocycles. The van der Waals surface area contributed by atoms with Crippen molar-refractivity contribution < 1.29 is 5.11 Å². The van der Waals surface area contributed by atoms with E-state index in [4.69, 9.17) is 0 Å². The quantitative estimate of drug-likeness (QED) is 0.862. The van der Waals surface area contributed by atoms with Crippen molar-refractivity contribution in [2.24, 2.45) is 7.05 Å². The van der Waals surface area contributed by atoms with Gasteiger partial charge < -0.3 is 10.0 Å². The largest absolute Gasteiger partial charge is 0.385 e. The predicted octanol–water partition coefficient (Wildman–Crippen LogP) is 2.02. The van der Waals surface area contributed by atoms with Gasteiger partial charge in [0, 0.05) is 24.5 Å². The maximum Gasteiger partial charge on any atom is 0.0927 e. The van der Waals surface area contributed by atoms with Gasteiger partial charge in [-0.3, -0.25) is 4.68 Å². The Morgan fingerprint density at radius 1 is 1.20 bits per heavy atom. The summed E-state index contributed by atoms with van der Waals surface area (Å²) in [6.45, 7) is 0. The second-order valence-electron chi connectivity index (χ2n) is 6.53. The van der Waals surface area contributed by atoms with Crippen molar-refractivity contribution in [3.63, 3.8) is 0 Å². The lowest BCUT2D eigenvalue weighted by Gasteiger charge is -2.42. The van der Waals surface area contributed by atoms with Crippen molar-refractivity contribution in [2.45, 2.75) is 43.4 Å². The van der Waals surface area contributed by atoms with Gasteiger partial charge in [0.2, 0.25) is 0 Å². The molecule has 2 bridgehead atoms. The average molecular weight is 271 g/mol. The van der Waals surface area contributed by atoms with E-state index in [2.05, 4.69) is 35.2 Å². The monoisotopic (exact) mass is 271 g/mol. The van der Waals surface area contributed by atoms with Crippen molar-refractivity contribution in [2.75, 3.05) is 7.05 Å². The van der Waals surface area contributed by atoms with E-state index in [0.29, 0.717) is 12.1 Å². The van der Waals surface area contributed by atoms with E-state index < -0.39 is 5.60 Å². The summed E-state index contributed by atoms with van der Waals surface area (Å²) in [5, 5.41) is 16.6. The van der Waals surface area contributed by atoms with Gasteiger partial charge in [0.05, 0.1) is 17.3 Å². The Morgan fingerprint density at radius 2 is 1.90 bits per heavy atom. The van der Waals surface area contributed by atoms with Crippen molar-refractivity contribution in [1.82, 2.24) is 14.7 Å². The molecule has 0 saturated carbocycles. The Hall–Kier alpha value is -1.39. The van der Waals surface area contributed by atoms with Crippen molar-refractivity contribution >= 4 is 10.9 Å². The molecule has 2 fully saturated rings. The Kier molecular flexibility index (Phi) is 2.51. The van der Waals surface area contributed by atoms with Gasteiger partial charge in [-0.05, 0) is 44.4 Å². The first-order valence-corrected chi connectivity index (χ1v) is 7.43. The summed E-state index contributed by atoms with van der Waals surface area (Å²) < 4.78 is 1.88. The summed E-state index contributed by atoms with van der Waals surface area (Å²) in [5.74, 6) is 0. The number of piperidine rings is 1. The second kappa shape index (κ2) is 4.06. The molecule has 4 heteroatoms. The van der Waals surface area contributed by atoms with Crippen LogP contribution in [0.2, 0.25) is 0 Å². The minimum atomic E-state index is -0.670. The zero-order chi connectivity index (χ0) is 13.9. The molecule has 2 unspecified atom stereocenters. The molecular weight excluding hydrogens is 250 g/mol. The highest BCUT2D eigenvalue weighted by molar-refractivity contribution is 5.79. The third-order valence-corrected chi connectivity index (χ3v) is 5.42. The molecule has 20 heavy (non-hydrogen) atoms. The highest BCUT2D eigenvalue weighted by Gasteiger charge is 2.46. The lowest BCUT2D eigenvalue weighted by atomic mass is 9.80. The van der Waals surface area contributed by atoms with Crippen LogP contribution < -0.4 is 0 Å². The van der Waals surface area contributed by atoms with Crippen LogP contribution in [-0.4, -0.2) is 38.9 Å². The van der Waals surface area contributed by atoms with E-state index in [1.54, 1.807) is 0 Å². The number of aromatic nitrogens is 2. The maximum absolute atomic E-state index is 11.2. The lowest BCUT2D eigenvalue weighted by Crippen LogP contribution is -2.47. The summed E-state index contributed by atoms with van der Waals surface area (Å²) in [7, 11) is 4.15. The SMILES string of the molecule is CN1C2CCC1CC(O)(c1ccc3cnn(C)c3c1)C2. The minimum absolute atomic E-state index is 0.529. The molecule has 3 heterocycles. The number of aliphatic hydroxyl groups is 1. The van der Waals surface area contributed by atoms with Gasteiger partial charge in [0.1, 0.15) is 0 Å². The van der Waals surface area contributed by atoms with Crippen LogP contribution in [0.5, 0.6) is 0 Å². The van der Waals surface area contributed by atoms with Crippen molar-refractivity contribution in [3.05, 3.63) is 30.0 Å². The number of hydrogen-bond donors (Lipinski definition) is 1. The first kappa shape index (κ1) is 12.4. The van der Waals surface area contributed by atoms with Gasteiger partial charge in [0.15, 0.2) is 0 Å². The molecule has 4 nitrogen and oxygen atoms in total. The number of rotatable bonds is 1. The van der Waals surface area contributed by atoms with Gasteiger partial charge in [0.25, 0.3) is 0 Å². The average Bonchev–Trinajstić information content (AvgIpc) is 2.89. The fourth-order valence-electron chi connectivity index (χ4n) is 4.11. The molecule has 2 atom stereocenters. The molecule has 2 aliphatic heterocycles. The molecule has 0 radical (unpaired) electrons. The Balaban J connectivity index is 1.76. The maximum atomic E-state index is 11.2. The Bertz CT molecular complexity index is 649. The standard InChI is InChI=1S/C16H21N3O/c1-18-13-5-6-14(18)9-16(20,8-13)12-4-3-11-10-17-19(2)15(11)7-12/h3-4,7,10,13-14,20H,5-6,8-9H2,1-2H3. The van der Waals surface area contributed by atoms with Gasteiger partial charge >= 0.3 is 0 Å². The molecule has 4 rings (SSSR count). The first-order chi connectivity index (χ1) is 9.57. The normalized spacial score (nSPS) is 34.0. The van der Waals surface area contributed by atoms with Crippen LogP contribution in [0.25, 0.3) is 10.9 Å². The highest BCUT2D eigenvalue weighted by Crippen LogP contribution is 2.45. The van der Waals surface area contributed by atoms with Crippen LogP contribution in [0.4, 0.5) is 0 Å². The summed E-state index contributed by atoms with van der Waals surface area (Å²) >= 11 is 0. The molecule has 2 aromatic rings. The third-order valence-electron chi connectivity index (χ3n) is 5.42. The lowest BCUT2D eigenvalue weighted by molar-refractivity contribution is -0.0492. The highest BCUT2D eigenvalue weighted by atomic mass is 16.3. The van der Waals surface area contributed by atoms with Gasteiger partial charge in [-0.2, -0.15) is 5.10 Å². The molecular formula is C16H21N3O. The van der Waals surface area contributed by atoms with E-state index in [0.717, 1.165) is 29.3 Å². The molecule has 2 saturated heterocycles. The van der Waals surface area contributed by atoms with Crippen LogP contribution in [0, 0.1) is 0 Å². The Labute approximate surface area is 119 Å². The summed E-state index contributed by atoms with van der Waals surface area (Å²) in [5.41, 5.74) is 1.48. The molecule has 0 spiro atoms. The number of benzene rings is 1. The van der Waals surface area contributed by atoms with Gasteiger partial charge in [-0.1, -0.05) is 12.1 Å². The molecule has 1 aromatic heterocycles. The molecule has 2 aliphatic rings. The number of hydrogen-bond acceptors (Lipinski definition) is 3. The van der Waals surface area contributed by atoms with Crippen LogP contribution in [0.1, 0.15) is 31.2 Å². The number of nitrogens with zero attached hydrogens (tertiary/aromatic N) is 3. The number of fused-ring (bicyclic) bond motifs is 3. The van der Waals surface area contributed by atoms with E-state index in [-0.39, 0.29) is 0 Å². The molecule has 106 valence electrons. The van der Waals surface area contributed by atoms with Gasteiger partial charge in [-0.15, -0.1) is 0 Å². The predicted molar refractivity (Wildman–Crippen MR) is 78.4 cm³/mol. The summed E-state index contributed by atoms with van der Waals surface area (Å²) in [6.07, 6.45) is 6.02. The van der Waals surface area contributed by atoms with E-state index in [1.165, 1.54) is 12.8 Å². The summed E-state index contributed by atoms with van der Waals surface area (Å²) in [6, 6.07) is 7.33. The van der Waals surface area contributed by atoms with E-state index >= 15 is 0 Å². The minimum Gasteiger partial charge on any atom is -0.385 e. The smallest absolute Gasteiger partial charge is 0.0927 e. The Morgan fingerprint density at radius 3 is 2.60 bits per heavy atom. The fraction of sp³-hybridized carbons (Fsp3) is 0.562. The topological polar surface area (TPSA) is 41.3 Å². The van der Waals surface area contributed by atoms with Gasteiger partial charge in [-0.25, -0.2) is 0 Å².